The summed E-state index contributed by atoms with van der Waals surface area (Å²) in [5, 5.41) is 5.36. The molecule has 7 nitrogen and oxygen atoms in total. The lowest BCUT2D eigenvalue weighted by atomic mass is 10.2. The molecule has 1 aromatic rings. The Kier molecular flexibility index (Phi) is 4.42. The lowest BCUT2D eigenvalue weighted by Gasteiger charge is -2.24. The average Bonchev–Trinajstić information content (AvgIpc) is 3.34. The van der Waals surface area contributed by atoms with E-state index in [1.165, 1.54) is 4.90 Å². The molecule has 1 aliphatic carbocycles. The van der Waals surface area contributed by atoms with Gasteiger partial charge in [0.1, 0.15) is 0 Å². The maximum Gasteiger partial charge on any atom is 0.321 e. The molecule has 2 aliphatic rings. The number of nitrogens with zero attached hydrogens (tertiary/aromatic N) is 2. The third-order valence-electron chi connectivity index (χ3n) is 4.70. The van der Waals surface area contributed by atoms with Crippen molar-refractivity contribution < 1.29 is 14.4 Å². The molecule has 1 atom stereocenters. The van der Waals surface area contributed by atoms with Crippen molar-refractivity contribution in [3.8, 4) is 0 Å². The first kappa shape index (κ1) is 16.3. The number of carbonyl (C=O) groups is 3. The molecular weight excluding hydrogens is 308 g/mol. The van der Waals surface area contributed by atoms with Crippen molar-refractivity contribution in [2.75, 3.05) is 30.4 Å². The number of hydrogen-bond donors (Lipinski definition) is 2. The van der Waals surface area contributed by atoms with Gasteiger partial charge < -0.3 is 15.5 Å². The quantitative estimate of drug-likeness (QED) is 0.819. The number of hydrogen-bond acceptors (Lipinski definition) is 3. The fourth-order valence-electron chi connectivity index (χ4n) is 2.89. The standard InChI is InChI=1S/C17H22N4O3/c1-11(12-6-7-12)20(2)16(23)15(22)19-13-4-3-5-14(10-13)21-9-8-18-17(21)24/h3-5,10-12H,6-9H2,1-2H3,(H,18,24)(H,19,22). The van der Waals surface area contributed by atoms with Gasteiger partial charge in [-0.05, 0) is 43.9 Å². The van der Waals surface area contributed by atoms with Crippen molar-refractivity contribution in [3.63, 3.8) is 0 Å². The van der Waals surface area contributed by atoms with Gasteiger partial charge >= 0.3 is 17.8 Å². The summed E-state index contributed by atoms with van der Waals surface area (Å²) in [6, 6.07) is 6.85. The van der Waals surface area contributed by atoms with E-state index in [0.717, 1.165) is 12.8 Å². The fraction of sp³-hybridized carbons (Fsp3) is 0.471. The highest BCUT2D eigenvalue weighted by molar-refractivity contribution is 6.39. The van der Waals surface area contributed by atoms with Crippen molar-refractivity contribution in [3.05, 3.63) is 24.3 Å². The first-order chi connectivity index (χ1) is 11.5. The molecule has 2 fully saturated rings. The van der Waals surface area contributed by atoms with E-state index in [4.69, 9.17) is 0 Å². The van der Waals surface area contributed by atoms with Crippen LogP contribution in [0.5, 0.6) is 0 Å². The van der Waals surface area contributed by atoms with Crippen LogP contribution >= 0.6 is 0 Å². The summed E-state index contributed by atoms with van der Waals surface area (Å²) in [5.74, 6) is -0.699. The number of likely N-dealkylation sites (N-methyl/N-ethyl adjacent to an activating group) is 1. The second-order valence-electron chi connectivity index (χ2n) is 6.38. The van der Waals surface area contributed by atoms with Crippen LogP contribution in [0.3, 0.4) is 0 Å². The molecule has 3 rings (SSSR count). The van der Waals surface area contributed by atoms with Gasteiger partial charge in [0.05, 0.1) is 0 Å². The summed E-state index contributed by atoms with van der Waals surface area (Å²) in [6.45, 7) is 3.14. The molecule has 0 aromatic heterocycles. The Bertz CT molecular complexity index is 672. The minimum absolute atomic E-state index is 0.0721. The molecule has 0 bridgehead atoms. The molecule has 1 heterocycles. The zero-order valence-electron chi connectivity index (χ0n) is 13.9. The number of urea groups is 1. The fourth-order valence-corrected chi connectivity index (χ4v) is 2.89. The molecule has 1 saturated heterocycles. The highest BCUT2D eigenvalue weighted by Gasteiger charge is 2.34. The molecule has 1 saturated carbocycles. The van der Waals surface area contributed by atoms with Crippen LogP contribution in [0.4, 0.5) is 16.2 Å². The molecule has 24 heavy (non-hydrogen) atoms. The molecule has 7 heteroatoms. The van der Waals surface area contributed by atoms with E-state index < -0.39 is 11.8 Å². The van der Waals surface area contributed by atoms with Gasteiger partial charge in [-0.3, -0.25) is 14.5 Å². The number of carbonyl (C=O) groups excluding carboxylic acids is 3. The van der Waals surface area contributed by atoms with Gasteiger partial charge in [0.25, 0.3) is 0 Å². The summed E-state index contributed by atoms with van der Waals surface area (Å²) in [7, 11) is 1.66. The van der Waals surface area contributed by atoms with Crippen molar-refractivity contribution >= 4 is 29.2 Å². The lowest BCUT2D eigenvalue weighted by Crippen LogP contribution is -2.43. The van der Waals surface area contributed by atoms with E-state index in [1.54, 1.807) is 36.2 Å². The number of anilines is 2. The summed E-state index contributed by atoms with van der Waals surface area (Å²) in [6.07, 6.45) is 2.22. The van der Waals surface area contributed by atoms with Crippen molar-refractivity contribution in [1.82, 2.24) is 10.2 Å². The van der Waals surface area contributed by atoms with Gasteiger partial charge in [0, 0.05) is 37.6 Å². The van der Waals surface area contributed by atoms with Crippen molar-refractivity contribution in [2.24, 2.45) is 5.92 Å². The van der Waals surface area contributed by atoms with Crippen LogP contribution in [0.15, 0.2) is 24.3 Å². The number of amides is 4. The molecule has 2 N–H and O–H groups in total. The third kappa shape index (κ3) is 3.34. The third-order valence-corrected chi connectivity index (χ3v) is 4.70. The van der Waals surface area contributed by atoms with E-state index in [2.05, 4.69) is 10.6 Å². The Hall–Kier alpha value is -2.57. The average molecular weight is 330 g/mol. The topological polar surface area (TPSA) is 81.8 Å². The molecule has 4 amide bonds. The number of nitrogens with one attached hydrogen (secondary N) is 2. The van der Waals surface area contributed by atoms with Gasteiger partial charge in [-0.1, -0.05) is 6.07 Å². The second-order valence-corrected chi connectivity index (χ2v) is 6.38. The van der Waals surface area contributed by atoms with Crippen molar-refractivity contribution in [1.29, 1.82) is 0 Å². The highest BCUT2D eigenvalue weighted by atomic mass is 16.2. The Labute approximate surface area is 141 Å². The summed E-state index contributed by atoms with van der Waals surface area (Å²) in [5.41, 5.74) is 1.19. The van der Waals surface area contributed by atoms with Gasteiger partial charge in [0.15, 0.2) is 0 Å². The Morgan fingerprint density at radius 1 is 1.38 bits per heavy atom. The predicted molar refractivity (Wildman–Crippen MR) is 90.8 cm³/mol. The monoisotopic (exact) mass is 330 g/mol. The van der Waals surface area contributed by atoms with Crippen LogP contribution in [0.1, 0.15) is 19.8 Å². The van der Waals surface area contributed by atoms with Gasteiger partial charge in [0.2, 0.25) is 0 Å². The highest BCUT2D eigenvalue weighted by Crippen LogP contribution is 2.34. The summed E-state index contributed by atoms with van der Waals surface area (Å²) < 4.78 is 0. The van der Waals surface area contributed by atoms with Crippen LogP contribution in [-0.4, -0.2) is 48.9 Å². The summed E-state index contributed by atoms with van der Waals surface area (Å²) in [4.78, 5) is 39.3. The Balaban J connectivity index is 1.65. The molecule has 1 unspecified atom stereocenters. The Morgan fingerprint density at radius 3 is 2.75 bits per heavy atom. The van der Waals surface area contributed by atoms with Crippen molar-refractivity contribution in [2.45, 2.75) is 25.8 Å². The molecule has 0 spiro atoms. The molecular formula is C17H22N4O3. The maximum atomic E-state index is 12.3. The zero-order valence-corrected chi connectivity index (χ0v) is 13.9. The van der Waals surface area contributed by atoms with Gasteiger partial charge in [-0.15, -0.1) is 0 Å². The SMILES string of the molecule is CC(C1CC1)N(C)C(=O)C(=O)Nc1cccc(N2CCNC2=O)c1. The molecule has 128 valence electrons. The Morgan fingerprint density at radius 2 is 2.12 bits per heavy atom. The first-order valence-electron chi connectivity index (χ1n) is 8.21. The van der Waals surface area contributed by atoms with Crippen LogP contribution in [0.2, 0.25) is 0 Å². The van der Waals surface area contributed by atoms with Crippen LogP contribution in [-0.2, 0) is 9.59 Å². The first-order valence-corrected chi connectivity index (χ1v) is 8.21. The number of benzene rings is 1. The predicted octanol–water partition coefficient (Wildman–Crippen LogP) is 1.41. The summed E-state index contributed by atoms with van der Waals surface area (Å²) >= 11 is 0. The smallest absolute Gasteiger partial charge is 0.321 e. The normalized spacial score (nSPS) is 18.1. The van der Waals surface area contributed by atoms with Crippen LogP contribution < -0.4 is 15.5 Å². The number of rotatable bonds is 4. The molecule has 1 aliphatic heterocycles. The van der Waals surface area contributed by atoms with Crippen LogP contribution in [0, 0.1) is 5.92 Å². The van der Waals surface area contributed by atoms with Gasteiger partial charge in [-0.25, -0.2) is 4.79 Å². The lowest BCUT2D eigenvalue weighted by molar-refractivity contribution is -0.143. The molecule has 1 aromatic carbocycles. The minimum atomic E-state index is -0.659. The minimum Gasteiger partial charge on any atom is -0.336 e. The zero-order chi connectivity index (χ0) is 17.3. The van der Waals surface area contributed by atoms with E-state index in [-0.39, 0.29) is 12.1 Å². The van der Waals surface area contributed by atoms with E-state index in [1.807, 2.05) is 6.92 Å². The van der Waals surface area contributed by atoms with E-state index in [0.29, 0.717) is 30.4 Å². The largest absolute Gasteiger partial charge is 0.336 e. The van der Waals surface area contributed by atoms with E-state index >= 15 is 0 Å². The van der Waals surface area contributed by atoms with E-state index in [9.17, 15) is 14.4 Å². The van der Waals surface area contributed by atoms with Crippen LogP contribution in [0.25, 0.3) is 0 Å². The maximum absolute atomic E-state index is 12.3. The van der Waals surface area contributed by atoms with Gasteiger partial charge in [-0.2, -0.15) is 0 Å². The second kappa shape index (κ2) is 6.51. The molecule has 0 radical (unpaired) electrons.